The van der Waals surface area contributed by atoms with Crippen LogP contribution in [0.25, 0.3) is 0 Å². The fraction of sp³-hybridized carbons (Fsp3) is 0.300. The highest BCUT2D eigenvalue weighted by Gasteiger charge is 2.42. The van der Waals surface area contributed by atoms with Crippen LogP contribution >= 0.6 is 0 Å². The predicted octanol–water partition coefficient (Wildman–Crippen LogP) is 2.51. The Kier molecular flexibility index (Phi) is 4.03. The maximum atomic E-state index is 13.1. The highest BCUT2D eigenvalue weighted by Crippen LogP contribution is 2.41. The van der Waals surface area contributed by atoms with Gasteiger partial charge in [-0.1, -0.05) is 24.3 Å². The minimum absolute atomic E-state index is 0.175. The number of rotatable bonds is 2. The van der Waals surface area contributed by atoms with Crippen LogP contribution in [0.15, 0.2) is 42.5 Å². The Morgan fingerprint density at radius 2 is 1.92 bits per heavy atom. The number of ether oxygens (including phenoxy) is 3. The first kappa shape index (κ1) is 16.4. The van der Waals surface area contributed by atoms with E-state index in [2.05, 4.69) is 0 Å². The fourth-order valence-electron chi connectivity index (χ4n) is 3.71. The van der Waals surface area contributed by atoms with Crippen molar-refractivity contribution in [2.24, 2.45) is 5.92 Å². The number of nitrogens with zero attached hydrogens (tertiary/aromatic N) is 1. The van der Waals surface area contributed by atoms with Gasteiger partial charge in [0.2, 0.25) is 12.7 Å². The SMILES string of the molecule is COC(=O)[C@H]1C(=O)N(C)c2ccccc2C[C@@H]1c1ccc2c(c1)OCO2. The number of hydrogen-bond acceptors (Lipinski definition) is 5. The van der Waals surface area contributed by atoms with Crippen LogP contribution in [-0.2, 0) is 20.7 Å². The maximum absolute atomic E-state index is 13.1. The Labute approximate surface area is 151 Å². The Hall–Kier alpha value is -3.02. The van der Waals surface area contributed by atoms with Crippen LogP contribution in [0.1, 0.15) is 17.0 Å². The second kappa shape index (κ2) is 6.37. The second-order valence-electron chi connectivity index (χ2n) is 6.45. The second-order valence-corrected chi connectivity index (χ2v) is 6.45. The molecule has 2 aromatic rings. The molecule has 0 saturated heterocycles. The van der Waals surface area contributed by atoms with E-state index in [0.717, 1.165) is 16.8 Å². The van der Waals surface area contributed by atoms with Crippen molar-refractivity contribution in [3.8, 4) is 11.5 Å². The molecule has 4 rings (SSSR count). The van der Waals surface area contributed by atoms with E-state index in [1.165, 1.54) is 7.11 Å². The van der Waals surface area contributed by atoms with E-state index in [1.807, 2.05) is 42.5 Å². The Balaban J connectivity index is 1.83. The lowest BCUT2D eigenvalue weighted by molar-refractivity contribution is -0.150. The van der Waals surface area contributed by atoms with Crippen LogP contribution in [0.5, 0.6) is 11.5 Å². The Bertz CT molecular complexity index is 878. The van der Waals surface area contributed by atoms with Crippen molar-refractivity contribution in [1.82, 2.24) is 0 Å². The highest BCUT2D eigenvalue weighted by molar-refractivity contribution is 6.07. The molecule has 0 radical (unpaired) electrons. The number of carbonyl (C=O) groups is 2. The molecule has 2 atom stereocenters. The van der Waals surface area contributed by atoms with Crippen molar-refractivity contribution in [1.29, 1.82) is 0 Å². The minimum Gasteiger partial charge on any atom is -0.468 e. The zero-order valence-corrected chi connectivity index (χ0v) is 14.6. The summed E-state index contributed by atoms with van der Waals surface area (Å²) in [5.41, 5.74) is 2.68. The molecule has 26 heavy (non-hydrogen) atoms. The number of methoxy groups -OCH3 is 1. The molecule has 2 heterocycles. The highest BCUT2D eigenvalue weighted by atomic mass is 16.7. The van der Waals surface area contributed by atoms with Gasteiger partial charge < -0.3 is 19.1 Å². The fourth-order valence-corrected chi connectivity index (χ4v) is 3.71. The van der Waals surface area contributed by atoms with E-state index < -0.39 is 11.9 Å². The molecule has 6 heteroatoms. The summed E-state index contributed by atoms with van der Waals surface area (Å²) in [4.78, 5) is 27.2. The molecular formula is C20H19NO5. The molecule has 0 N–H and O–H groups in total. The average Bonchev–Trinajstić information content (AvgIpc) is 3.10. The van der Waals surface area contributed by atoms with Crippen LogP contribution in [0.3, 0.4) is 0 Å². The standard InChI is InChI=1S/C20H19NO5/c1-21-15-6-4-3-5-13(15)9-14(18(19(21)22)20(23)24-2)12-7-8-16-17(10-12)26-11-25-16/h3-8,10,14,18H,9,11H2,1-2H3/t14-,18-/m1/s1. The van der Waals surface area contributed by atoms with Crippen LogP contribution < -0.4 is 14.4 Å². The van der Waals surface area contributed by atoms with E-state index in [-0.39, 0.29) is 18.6 Å². The molecule has 134 valence electrons. The van der Waals surface area contributed by atoms with Gasteiger partial charge in [-0.15, -0.1) is 0 Å². The molecule has 0 aromatic heterocycles. The molecular weight excluding hydrogens is 334 g/mol. The third kappa shape index (κ3) is 2.58. The summed E-state index contributed by atoms with van der Waals surface area (Å²) in [6.07, 6.45) is 0.547. The lowest BCUT2D eigenvalue weighted by Crippen LogP contribution is -2.39. The molecule has 2 aliphatic rings. The maximum Gasteiger partial charge on any atom is 0.318 e. The van der Waals surface area contributed by atoms with Gasteiger partial charge in [-0.05, 0) is 35.7 Å². The van der Waals surface area contributed by atoms with Gasteiger partial charge in [-0.25, -0.2) is 0 Å². The largest absolute Gasteiger partial charge is 0.468 e. The van der Waals surface area contributed by atoms with Crippen molar-refractivity contribution in [2.45, 2.75) is 12.3 Å². The van der Waals surface area contributed by atoms with Gasteiger partial charge in [0.25, 0.3) is 0 Å². The molecule has 0 aliphatic carbocycles. The number of fused-ring (bicyclic) bond motifs is 2. The summed E-state index contributed by atoms with van der Waals surface area (Å²) < 4.78 is 15.8. The van der Waals surface area contributed by atoms with Gasteiger partial charge in [-0.2, -0.15) is 0 Å². The third-order valence-electron chi connectivity index (χ3n) is 5.07. The van der Waals surface area contributed by atoms with Gasteiger partial charge >= 0.3 is 5.97 Å². The first-order valence-electron chi connectivity index (χ1n) is 8.43. The van der Waals surface area contributed by atoms with E-state index in [1.54, 1.807) is 11.9 Å². The van der Waals surface area contributed by atoms with E-state index in [9.17, 15) is 9.59 Å². The minimum atomic E-state index is -0.919. The first-order valence-corrected chi connectivity index (χ1v) is 8.43. The van der Waals surface area contributed by atoms with Crippen LogP contribution in [-0.4, -0.2) is 32.8 Å². The number of esters is 1. The molecule has 0 saturated carbocycles. The molecule has 0 spiro atoms. The number of para-hydroxylation sites is 1. The molecule has 6 nitrogen and oxygen atoms in total. The van der Waals surface area contributed by atoms with Crippen molar-refractivity contribution < 1.29 is 23.8 Å². The summed E-state index contributed by atoms with van der Waals surface area (Å²) in [6.45, 7) is 0.175. The molecule has 2 aliphatic heterocycles. The summed E-state index contributed by atoms with van der Waals surface area (Å²) in [5.74, 6) is -0.777. The predicted molar refractivity (Wildman–Crippen MR) is 94.4 cm³/mol. The van der Waals surface area contributed by atoms with Crippen LogP contribution in [0.4, 0.5) is 5.69 Å². The number of benzene rings is 2. The van der Waals surface area contributed by atoms with Gasteiger partial charge in [-0.3, -0.25) is 9.59 Å². The molecule has 2 aromatic carbocycles. The van der Waals surface area contributed by atoms with Crippen molar-refractivity contribution in [2.75, 3.05) is 25.9 Å². The molecule has 0 unspecified atom stereocenters. The smallest absolute Gasteiger partial charge is 0.318 e. The normalized spacial score (nSPS) is 21.2. The number of amides is 1. The van der Waals surface area contributed by atoms with Crippen molar-refractivity contribution in [3.05, 3.63) is 53.6 Å². The van der Waals surface area contributed by atoms with Crippen LogP contribution in [0.2, 0.25) is 0 Å². The third-order valence-corrected chi connectivity index (χ3v) is 5.07. The molecule has 0 bridgehead atoms. The van der Waals surface area contributed by atoms with Gasteiger partial charge in [0.15, 0.2) is 11.5 Å². The van der Waals surface area contributed by atoms with E-state index in [4.69, 9.17) is 14.2 Å². The van der Waals surface area contributed by atoms with Gasteiger partial charge in [0.05, 0.1) is 7.11 Å². The summed E-state index contributed by atoms with van der Waals surface area (Å²) in [7, 11) is 3.00. The summed E-state index contributed by atoms with van der Waals surface area (Å²) in [5, 5.41) is 0. The molecule has 1 amide bonds. The average molecular weight is 353 g/mol. The summed E-state index contributed by atoms with van der Waals surface area (Å²) in [6, 6.07) is 13.3. The first-order chi connectivity index (χ1) is 12.6. The number of carbonyl (C=O) groups excluding carboxylic acids is 2. The number of anilines is 1. The zero-order valence-electron chi connectivity index (χ0n) is 14.6. The monoisotopic (exact) mass is 353 g/mol. The summed E-state index contributed by atoms with van der Waals surface area (Å²) >= 11 is 0. The van der Waals surface area contributed by atoms with Gasteiger partial charge in [0.1, 0.15) is 5.92 Å². The zero-order chi connectivity index (χ0) is 18.3. The number of hydrogen-bond donors (Lipinski definition) is 0. The lowest BCUT2D eigenvalue weighted by atomic mass is 9.81. The quantitative estimate of drug-likeness (QED) is 0.613. The van der Waals surface area contributed by atoms with Crippen molar-refractivity contribution >= 4 is 17.6 Å². The Morgan fingerprint density at radius 3 is 2.73 bits per heavy atom. The van der Waals surface area contributed by atoms with E-state index in [0.29, 0.717) is 17.9 Å². The Morgan fingerprint density at radius 1 is 1.15 bits per heavy atom. The topological polar surface area (TPSA) is 65.1 Å². The molecule has 0 fully saturated rings. The van der Waals surface area contributed by atoms with Crippen LogP contribution in [0, 0.1) is 5.92 Å². The van der Waals surface area contributed by atoms with E-state index >= 15 is 0 Å². The van der Waals surface area contributed by atoms with Gasteiger partial charge in [0, 0.05) is 18.7 Å². The van der Waals surface area contributed by atoms with Crippen molar-refractivity contribution in [3.63, 3.8) is 0 Å². The lowest BCUT2D eigenvalue weighted by Gasteiger charge is -2.24.